The van der Waals surface area contributed by atoms with E-state index in [1.807, 2.05) is 0 Å². The first kappa shape index (κ1) is 11.5. The zero-order chi connectivity index (χ0) is 10.6. The summed E-state index contributed by atoms with van der Waals surface area (Å²) in [4.78, 5) is 11.6. The SMILES string of the molecule is CC(C)N1CCCC(=O)N1CCCO. The summed E-state index contributed by atoms with van der Waals surface area (Å²) in [7, 11) is 0. The minimum Gasteiger partial charge on any atom is -0.396 e. The number of nitrogens with zero attached hydrogens (tertiary/aromatic N) is 2. The fourth-order valence-corrected chi connectivity index (χ4v) is 1.80. The van der Waals surface area contributed by atoms with Crippen LogP contribution in [-0.4, -0.2) is 46.8 Å². The molecule has 4 nitrogen and oxygen atoms in total. The first-order valence-corrected chi connectivity index (χ1v) is 5.34. The molecular weight excluding hydrogens is 180 g/mol. The molecular formula is C10H20N2O2. The lowest BCUT2D eigenvalue weighted by Gasteiger charge is -2.41. The van der Waals surface area contributed by atoms with Crippen molar-refractivity contribution in [1.29, 1.82) is 0 Å². The van der Waals surface area contributed by atoms with Gasteiger partial charge in [0.2, 0.25) is 5.91 Å². The molecule has 1 saturated heterocycles. The second-order valence-electron chi connectivity index (χ2n) is 3.95. The normalized spacial score (nSPS) is 19.4. The van der Waals surface area contributed by atoms with Gasteiger partial charge in [0, 0.05) is 32.2 Å². The molecule has 0 bridgehead atoms. The second kappa shape index (κ2) is 5.32. The van der Waals surface area contributed by atoms with E-state index in [2.05, 4.69) is 18.9 Å². The van der Waals surface area contributed by atoms with Gasteiger partial charge in [0.05, 0.1) is 0 Å². The van der Waals surface area contributed by atoms with Crippen molar-refractivity contribution in [3.05, 3.63) is 0 Å². The Morgan fingerprint density at radius 2 is 2.21 bits per heavy atom. The van der Waals surface area contributed by atoms with Gasteiger partial charge in [-0.2, -0.15) is 0 Å². The maximum atomic E-state index is 11.6. The minimum absolute atomic E-state index is 0.149. The average Bonchev–Trinajstić information content (AvgIpc) is 2.15. The number of carbonyl (C=O) groups is 1. The van der Waals surface area contributed by atoms with Crippen molar-refractivity contribution in [2.75, 3.05) is 19.7 Å². The first-order chi connectivity index (χ1) is 6.66. The van der Waals surface area contributed by atoms with Crippen LogP contribution in [0.25, 0.3) is 0 Å². The van der Waals surface area contributed by atoms with Crippen molar-refractivity contribution < 1.29 is 9.90 Å². The summed E-state index contributed by atoms with van der Waals surface area (Å²) in [5, 5.41) is 12.6. The summed E-state index contributed by atoms with van der Waals surface area (Å²) in [5.41, 5.74) is 0. The predicted molar refractivity (Wildman–Crippen MR) is 54.5 cm³/mol. The van der Waals surface area contributed by atoms with E-state index >= 15 is 0 Å². The molecule has 1 heterocycles. The van der Waals surface area contributed by atoms with E-state index in [4.69, 9.17) is 5.11 Å². The molecule has 1 rings (SSSR count). The molecule has 1 aliphatic rings. The number of aliphatic hydroxyl groups is 1. The van der Waals surface area contributed by atoms with Gasteiger partial charge in [-0.15, -0.1) is 0 Å². The molecule has 0 aromatic rings. The van der Waals surface area contributed by atoms with Gasteiger partial charge in [0.15, 0.2) is 0 Å². The molecule has 1 amide bonds. The quantitative estimate of drug-likeness (QED) is 0.723. The lowest BCUT2D eigenvalue weighted by atomic mass is 10.2. The van der Waals surface area contributed by atoms with Gasteiger partial charge in [-0.1, -0.05) is 0 Å². The Morgan fingerprint density at radius 3 is 2.79 bits per heavy atom. The van der Waals surface area contributed by atoms with Crippen LogP contribution in [0.2, 0.25) is 0 Å². The zero-order valence-corrected chi connectivity index (χ0v) is 9.07. The number of hydrogen-bond acceptors (Lipinski definition) is 3. The van der Waals surface area contributed by atoms with E-state index in [-0.39, 0.29) is 12.5 Å². The largest absolute Gasteiger partial charge is 0.396 e. The lowest BCUT2D eigenvalue weighted by molar-refractivity contribution is -0.160. The third-order valence-electron chi connectivity index (χ3n) is 2.50. The maximum absolute atomic E-state index is 11.6. The predicted octanol–water partition coefficient (Wildman–Crippen LogP) is 0.617. The van der Waals surface area contributed by atoms with Crippen LogP contribution in [0.15, 0.2) is 0 Å². The fourth-order valence-electron chi connectivity index (χ4n) is 1.80. The van der Waals surface area contributed by atoms with Crippen molar-refractivity contribution in [3.63, 3.8) is 0 Å². The molecule has 0 spiro atoms. The highest BCUT2D eigenvalue weighted by molar-refractivity contribution is 5.76. The Bertz CT molecular complexity index is 195. The van der Waals surface area contributed by atoms with E-state index in [1.165, 1.54) is 0 Å². The molecule has 4 heteroatoms. The molecule has 1 aliphatic heterocycles. The van der Waals surface area contributed by atoms with Crippen LogP contribution in [0.4, 0.5) is 0 Å². The van der Waals surface area contributed by atoms with Gasteiger partial charge in [-0.3, -0.25) is 9.80 Å². The monoisotopic (exact) mass is 200 g/mol. The second-order valence-corrected chi connectivity index (χ2v) is 3.95. The molecule has 0 radical (unpaired) electrons. The Labute approximate surface area is 85.5 Å². The van der Waals surface area contributed by atoms with Crippen LogP contribution in [0.3, 0.4) is 0 Å². The third-order valence-corrected chi connectivity index (χ3v) is 2.50. The Balaban J connectivity index is 2.56. The number of rotatable bonds is 4. The molecule has 1 N–H and O–H groups in total. The van der Waals surface area contributed by atoms with Gasteiger partial charge in [-0.25, -0.2) is 5.01 Å². The van der Waals surface area contributed by atoms with Gasteiger partial charge in [-0.05, 0) is 26.7 Å². The molecule has 0 atom stereocenters. The van der Waals surface area contributed by atoms with Gasteiger partial charge >= 0.3 is 0 Å². The van der Waals surface area contributed by atoms with Crippen LogP contribution < -0.4 is 0 Å². The lowest BCUT2D eigenvalue weighted by Crippen LogP contribution is -2.53. The van der Waals surface area contributed by atoms with E-state index in [1.54, 1.807) is 5.01 Å². The van der Waals surface area contributed by atoms with Crippen molar-refractivity contribution >= 4 is 5.91 Å². The first-order valence-electron chi connectivity index (χ1n) is 5.34. The van der Waals surface area contributed by atoms with Crippen molar-refractivity contribution in [1.82, 2.24) is 10.0 Å². The van der Waals surface area contributed by atoms with E-state index in [0.29, 0.717) is 25.4 Å². The van der Waals surface area contributed by atoms with E-state index < -0.39 is 0 Å². The summed E-state index contributed by atoms with van der Waals surface area (Å²) >= 11 is 0. The number of carbonyl (C=O) groups excluding carboxylic acids is 1. The van der Waals surface area contributed by atoms with Crippen LogP contribution in [-0.2, 0) is 4.79 Å². The minimum atomic E-state index is 0.149. The summed E-state index contributed by atoms with van der Waals surface area (Å²) < 4.78 is 0. The Hall–Kier alpha value is -0.610. The Morgan fingerprint density at radius 1 is 1.50 bits per heavy atom. The number of aliphatic hydroxyl groups excluding tert-OH is 1. The third kappa shape index (κ3) is 2.69. The summed E-state index contributed by atoms with van der Waals surface area (Å²) in [5.74, 6) is 0.193. The standard InChI is InChI=1S/C10H20N2O2/c1-9(2)11-6-3-5-10(14)12(11)7-4-8-13/h9,13H,3-8H2,1-2H3. The van der Waals surface area contributed by atoms with Gasteiger partial charge in [0.25, 0.3) is 0 Å². The molecule has 0 aliphatic carbocycles. The number of hydrazine groups is 1. The maximum Gasteiger partial charge on any atom is 0.236 e. The van der Waals surface area contributed by atoms with Crippen molar-refractivity contribution in [2.45, 2.75) is 39.2 Å². The average molecular weight is 200 g/mol. The summed E-state index contributed by atoms with van der Waals surface area (Å²) in [6.45, 7) is 5.92. The van der Waals surface area contributed by atoms with Crippen LogP contribution in [0.5, 0.6) is 0 Å². The van der Waals surface area contributed by atoms with Crippen LogP contribution in [0.1, 0.15) is 33.1 Å². The van der Waals surface area contributed by atoms with Gasteiger partial charge in [0.1, 0.15) is 0 Å². The summed E-state index contributed by atoms with van der Waals surface area (Å²) in [6.07, 6.45) is 2.26. The number of hydrogen-bond donors (Lipinski definition) is 1. The van der Waals surface area contributed by atoms with Crippen LogP contribution >= 0.6 is 0 Å². The van der Waals surface area contributed by atoms with E-state index in [9.17, 15) is 4.79 Å². The zero-order valence-electron chi connectivity index (χ0n) is 9.07. The molecule has 1 fully saturated rings. The molecule has 0 aromatic carbocycles. The molecule has 0 aromatic heterocycles. The topological polar surface area (TPSA) is 43.8 Å². The smallest absolute Gasteiger partial charge is 0.236 e. The van der Waals surface area contributed by atoms with Crippen molar-refractivity contribution in [2.24, 2.45) is 0 Å². The van der Waals surface area contributed by atoms with E-state index in [0.717, 1.165) is 13.0 Å². The molecule has 0 unspecified atom stereocenters. The van der Waals surface area contributed by atoms with Gasteiger partial charge < -0.3 is 5.11 Å². The molecule has 0 saturated carbocycles. The summed E-state index contributed by atoms with van der Waals surface area (Å²) in [6, 6.07) is 0.359. The number of amides is 1. The highest BCUT2D eigenvalue weighted by Crippen LogP contribution is 2.15. The Kier molecular flexibility index (Phi) is 4.35. The molecule has 82 valence electrons. The van der Waals surface area contributed by atoms with Crippen LogP contribution in [0, 0.1) is 0 Å². The molecule has 14 heavy (non-hydrogen) atoms. The highest BCUT2D eigenvalue weighted by atomic mass is 16.3. The highest BCUT2D eigenvalue weighted by Gasteiger charge is 2.26. The van der Waals surface area contributed by atoms with Crippen molar-refractivity contribution in [3.8, 4) is 0 Å². The fraction of sp³-hybridized carbons (Fsp3) is 0.900.